The molecule has 1 heterocycles. The summed E-state index contributed by atoms with van der Waals surface area (Å²) in [4.78, 5) is 24.4. The summed E-state index contributed by atoms with van der Waals surface area (Å²) in [6.45, 7) is 1.30. The minimum Gasteiger partial charge on any atom is -0.481 e. The van der Waals surface area contributed by atoms with Crippen LogP contribution in [0.4, 0.5) is 0 Å². The Hall–Kier alpha value is -1.10. The Balaban J connectivity index is 2.46. The zero-order valence-electron chi connectivity index (χ0n) is 10.2. The third-order valence-corrected chi connectivity index (χ3v) is 3.23. The van der Waals surface area contributed by atoms with Crippen LogP contribution in [0, 0.1) is 0 Å². The van der Waals surface area contributed by atoms with E-state index in [-0.39, 0.29) is 18.4 Å². The third-order valence-electron chi connectivity index (χ3n) is 3.23. The number of carbonyl (C=O) groups excluding carboxylic acids is 1. The highest BCUT2D eigenvalue weighted by Gasteiger charge is 2.26. The van der Waals surface area contributed by atoms with Crippen molar-refractivity contribution >= 4 is 11.9 Å². The summed E-state index contributed by atoms with van der Waals surface area (Å²) in [7, 11) is 0. The van der Waals surface area contributed by atoms with Gasteiger partial charge < -0.3 is 15.7 Å². The molecular formula is C12H22N2O3. The maximum Gasteiger partial charge on any atom is 0.303 e. The number of hydrogen-bond donors (Lipinski definition) is 2. The van der Waals surface area contributed by atoms with Crippen LogP contribution in [0.5, 0.6) is 0 Å². The van der Waals surface area contributed by atoms with Gasteiger partial charge in [-0.25, -0.2) is 0 Å². The molecule has 5 heteroatoms. The van der Waals surface area contributed by atoms with Crippen molar-refractivity contribution in [2.24, 2.45) is 5.73 Å². The van der Waals surface area contributed by atoms with Crippen LogP contribution in [0.25, 0.3) is 0 Å². The fourth-order valence-corrected chi connectivity index (χ4v) is 2.32. The van der Waals surface area contributed by atoms with E-state index < -0.39 is 5.97 Å². The van der Waals surface area contributed by atoms with Crippen LogP contribution in [0.15, 0.2) is 0 Å². The van der Waals surface area contributed by atoms with Crippen molar-refractivity contribution in [3.63, 3.8) is 0 Å². The van der Waals surface area contributed by atoms with E-state index in [1.165, 1.54) is 0 Å². The van der Waals surface area contributed by atoms with Crippen LogP contribution in [0.1, 0.15) is 44.9 Å². The summed E-state index contributed by atoms with van der Waals surface area (Å²) in [5.41, 5.74) is 5.39. The normalized spacial score (nSPS) is 20.3. The van der Waals surface area contributed by atoms with Gasteiger partial charge in [0.2, 0.25) is 5.91 Å². The summed E-state index contributed by atoms with van der Waals surface area (Å²) in [5.74, 6) is -0.657. The minimum atomic E-state index is -0.787. The van der Waals surface area contributed by atoms with Crippen LogP contribution in [0.3, 0.4) is 0 Å². The highest BCUT2D eigenvalue weighted by atomic mass is 16.4. The molecule has 1 aliphatic rings. The number of carbonyl (C=O) groups is 2. The average molecular weight is 242 g/mol. The second kappa shape index (κ2) is 7.27. The van der Waals surface area contributed by atoms with Crippen LogP contribution in [0.2, 0.25) is 0 Å². The third kappa shape index (κ3) is 4.73. The van der Waals surface area contributed by atoms with Crippen molar-refractivity contribution < 1.29 is 14.7 Å². The Morgan fingerprint density at radius 2 is 2.06 bits per heavy atom. The van der Waals surface area contributed by atoms with Gasteiger partial charge in [-0.05, 0) is 38.6 Å². The van der Waals surface area contributed by atoms with Gasteiger partial charge in [0.05, 0.1) is 0 Å². The van der Waals surface area contributed by atoms with E-state index in [2.05, 4.69) is 0 Å². The summed E-state index contributed by atoms with van der Waals surface area (Å²) >= 11 is 0. The molecule has 0 spiro atoms. The Labute approximate surface area is 102 Å². The lowest BCUT2D eigenvalue weighted by atomic mass is 9.97. The Kier molecular flexibility index (Phi) is 5.97. The first-order chi connectivity index (χ1) is 8.15. The molecule has 17 heavy (non-hydrogen) atoms. The summed E-state index contributed by atoms with van der Waals surface area (Å²) in [6.07, 6.45) is 4.96. The largest absolute Gasteiger partial charge is 0.481 e. The van der Waals surface area contributed by atoms with Gasteiger partial charge in [-0.1, -0.05) is 0 Å². The molecule has 0 aromatic rings. The van der Waals surface area contributed by atoms with E-state index in [1.807, 2.05) is 4.90 Å². The van der Waals surface area contributed by atoms with Gasteiger partial charge in [0.15, 0.2) is 0 Å². The highest BCUT2D eigenvalue weighted by Crippen LogP contribution is 2.21. The Morgan fingerprint density at radius 3 is 2.71 bits per heavy atom. The smallest absolute Gasteiger partial charge is 0.303 e. The number of aliphatic carboxylic acids is 1. The van der Waals surface area contributed by atoms with Gasteiger partial charge in [-0.2, -0.15) is 0 Å². The van der Waals surface area contributed by atoms with E-state index in [0.717, 1.165) is 25.8 Å². The number of hydrogen-bond acceptors (Lipinski definition) is 3. The van der Waals surface area contributed by atoms with E-state index in [9.17, 15) is 9.59 Å². The van der Waals surface area contributed by atoms with E-state index in [1.54, 1.807) is 0 Å². The number of rotatable bonds is 6. The van der Waals surface area contributed by atoms with Gasteiger partial charge in [0.1, 0.15) is 0 Å². The van der Waals surface area contributed by atoms with Crippen LogP contribution in [-0.4, -0.2) is 41.0 Å². The number of amides is 1. The van der Waals surface area contributed by atoms with Crippen LogP contribution < -0.4 is 5.73 Å². The van der Waals surface area contributed by atoms with E-state index in [4.69, 9.17) is 10.8 Å². The van der Waals surface area contributed by atoms with Gasteiger partial charge in [0, 0.05) is 25.4 Å². The number of carboxylic acid groups (broad SMARTS) is 1. The SMILES string of the molecule is NCCCC(=O)N1CCCCC1CCC(=O)O. The standard InChI is InChI=1S/C12H22N2O3/c13-8-3-5-11(15)14-9-2-1-4-10(14)6-7-12(16)17/h10H,1-9,13H2,(H,16,17). The zero-order chi connectivity index (χ0) is 12.7. The maximum absolute atomic E-state index is 11.9. The quantitative estimate of drug-likeness (QED) is 0.727. The van der Waals surface area contributed by atoms with Crippen molar-refractivity contribution in [1.29, 1.82) is 0 Å². The van der Waals surface area contributed by atoms with E-state index >= 15 is 0 Å². The molecule has 0 bridgehead atoms. The first kappa shape index (κ1) is 14.0. The predicted octanol–water partition coefficient (Wildman–Crippen LogP) is 0.971. The molecule has 0 saturated carbocycles. The monoisotopic (exact) mass is 242 g/mol. The predicted molar refractivity (Wildman–Crippen MR) is 64.5 cm³/mol. The van der Waals surface area contributed by atoms with Gasteiger partial charge in [-0.3, -0.25) is 9.59 Å². The van der Waals surface area contributed by atoms with Crippen LogP contribution in [-0.2, 0) is 9.59 Å². The van der Waals surface area contributed by atoms with Crippen molar-refractivity contribution in [3.05, 3.63) is 0 Å². The fourth-order valence-electron chi connectivity index (χ4n) is 2.32. The molecule has 5 nitrogen and oxygen atoms in total. The summed E-state index contributed by atoms with van der Waals surface area (Å²) in [6, 6.07) is 0.116. The van der Waals surface area contributed by atoms with Gasteiger partial charge >= 0.3 is 5.97 Å². The van der Waals surface area contributed by atoms with Crippen LogP contribution >= 0.6 is 0 Å². The zero-order valence-corrected chi connectivity index (χ0v) is 10.2. The molecule has 0 aromatic heterocycles. The molecule has 0 aromatic carbocycles. The van der Waals surface area contributed by atoms with Gasteiger partial charge in [0.25, 0.3) is 0 Å². The Morgan fingerprint density at radius 1 is 1.29 bits per heavy atom. The molecule has 1 amide bonds. The Bertz CT molecular complexity index is 268. The number of nitrogens with two attached hydrogens (primary N) is 1. The molecule has 1 saturated heterocycles. The van der Waals surface area contributed by atoms with Crippen molar-refractivity contribution in [2.45, 2.75) is 51.0 Å². The van der Waals surface area contributed by atoms with Gasteiger partial charge in [-0.15, -0.1) is 0 Å². The lowest BCUT2D eigenvalue weighted by Crippen LogP contribution is -2.44. The van der Waals surface area contributed by atoms with Crippen molar-refractivity contribution in [2.75, 3.05) is 13.1 Å². The molecule has 3 N–H and O–H groups in total. The molecule has 1 unspecified atom stereocenters. The second-order valence-corrected chi connectivity index (χ2v) is 4.56. The van der Waals surface area contributed by atoms with E-state index in [0.29, 0.717) is 25.8 Å². The summed E-state index contributed by atoms with van der Waals surface area (Å²) in [5, 5.41) is 8.69. The molecule has 0 radical (unpaired) electrons. The highest BCUT2D eigenvalue weighted by molar-refractivity contribution is 5.76. The maximum atomic E-state index is 11.9. The molecular weight excluding hydrogens is 220 g/mol. The fraction of sp³-hybridized carbons (Fsp3) is 0.833. The van der Waals surface area contributed by atoms with Crippen molar-refractivity contribution in [1.82, 2.24) is 4.90 Å². The van der Waals surface area contributed by atoms with Crippen molar-refractivity contribution in [3.8, 4) is 0 Å². The molecule has 98 valence electrons. The summed E-state index contributed by atoms with van der Waals surface area (Å²) < 4.78 is 0. The molecule has 0 aliphatic carbocycles. The number of likely N-dealkylation sites (tertiary alicyclic amines) is 1. The first-order valence-corrected chi connectivity index (χ1v) is 6.36. The topological polar surface area (TPSA) is 83.6 Å². The number of piperidine rings is 1. The number of carboxylic acids is 1. The first-order valence-electron chi connectivity index (χ1n) is 6.36. The lowest BCUT2D eigenvalue weighted by Gasteiger charge is -2.35. The molecule has 1 fully saturated rings. The lowest BCUT2D eigenvalue weighted by molar-refractivity contribution is -0.140. The second-order valence-electron chi connectivity index (χ2n) is 4.56. The molecule has 1 atom stereocenters. The number of nitrogens with zero attached hydrogens (tertiary/aromatic N) is 1. The minimum absolute atomic E-state index is 0.116. The average Bonchev–Trinajstić information content (AvgIpc) is 2.33. The molecule has 1 aliphatic heterocycles. The molecule has 1 rings (SSSR count).